The minimum absolute atomic E-state index is 0.107. The summed E-state index contributed by atoms with van der Waals surface area (Å²) in [6.07, 6.45) is 8.57. The van der Waals surface area contributed by atoms with Gasteiger partial charge in [-0.1, -0.05) is 0 Å². The first-order chi connectivity index (χ1) is 14.9. The monoisotopic (exact) mass is 439 g/mol. The molecule has 10 nitrogen and oxygen atoms in total. The van der Waals surface area contributed by atoms with Gasteiger partial charge in [0.2, 0.25) is 0 Å². The number of nitrogens with zero attached hydrogens (tertiary/aromatic N) is 5. The molecule has 3 aromatic rings. The molecule has 4 heterocycles. The van der Waals surface area contributed by atoms with E-state index in [0.29, 0.717) is 35.1 Å². The second kappa shape index (κ2) is 8.64. The van der Waals surface area contributed by atoms with Crippen molar-refractivity contribution >= 4 is 33.2 Å². The predicted octanol–water partition coefficient (Wildman–Crippen LogP) is 2.58. The number of aromatic nitrogens is 4. The van der Waals surface area contributed by atoms with Gasteiger partial charge in [0.25, 0.3) is 0 Å². The molecule has 2 N–H and O–H groups in total. The number of fused-ring (bicyclic) bond motifs is 1. The van der Waals surface area contributed by atoms with Crippen LogP contribution in [0.5, 0.6) is 0 Å². The number of hydrogen-bond acceptors (Lipinski definition) is 8. The maximum absolute atomic E-state index is 13.0. The lowest BCUT2D eigenvalue weighted by molar-refractivity contribution is 0.256. The largest absolute Gasteiger partial charge is 0.382 e. The van der Waals surface area contributed by atoms with Crippen molar-refractivity contribution in [2.24, 2.45) is 0 Å². The summed E-state index contributed by atoms with van der Waals surface area (Å²) in [5, 5.41) is 6.07. The number of pyridine rings is 2. The fourth-order valence-corrected chi connectivity index (χ4v) is 3.77. The van der Waals surface area contributed by atoms with Crippen LogP contribution >= 0.6 is 0 Å². The Morgan fingerprint density at radius 3 is 2.81 bits per heavy atom. The van der Waals surface area contributed by atoms with Crippen LogP contribution in [0.15, 0.2) is 54.1 Å². The molecular weight excluding hydrogens is 418 g/mol. The standard InChI is InChI=1S/C20H21N7O3S/c1-31(29,30)15-10-14(11-22-12-15)16-4-5-17-19(25-16)27(9-3-2-7-23-17)20(28)26-18-6-8-21-13-24-18/h4-6,8,10-13,23H,2-3,7,9H2,1H3,(H,21,24,26,28). The summed E-state index contributed by atoms with van der Waals surface area (Å²) in [5.74, 6) is 0.839. The van der Waals surface area contributed by atoms with Gasteiger partial charge in [0.15, 0.2) is 15.7 Å². The highest BCUT2D eigenvalue weighted by molar-refractivity contribution is 7.90. The molecule has 11 heteroatoms. The van der Waals surface area contributed by atoms with Gasteiger partial charge < -0.3 is 5.32 Å². The van der Waals surface area contributed by atoms with Crippen molar-refractivity contribution in [2.45, 2.75) is 17.7 Å². The van der Waals surface area contributed by atoms with Crippen molar-refractivity contribution in [2.75, 3.05) is 34.9 Å². The summed E-state index contributed by atoms with van der Waals surface area (Å²) in [6.45, 7) is 1.24. The van der Waals surface area contributed by atoms with Crippen LogP contribution in [0.25, 0.3) is 11.3 Å². The molecule has 3 aromatic heterocycles. The van der Waals surface area contributed by atoms with E-state index in [9.17, 15) is 13.2 Å². The number of sulfone groups is 1. The molecule has 0 radical (unpaired) electrons. The van der Waals surface area contributed by atoms with E-state index in [1.807, 2.05) is 6.07 Å². The van der Waals surface area contributed by atoms with E-state index in [1.165, 1.54) is 18.6 Å². The summed E-state index contributed by atoms with van der Waals surface area (Å²) in [5.41, 5.74) is 1.77. The van der Waals surface area contributed by atoms with Crippen LogP contribution in [0.1, 0.15) is 12.8 Å². The first kappa shape index (κ1) is 20.7. The molecule has 4 rings (SSSR count). The van der Waals surface area contributed by atoms with Crippen LogP contribution in [0, 0.1) is 0 Å². The number of rotatable bonds is 3. The molecule has 31 heavy (non-hydrogen) atoms. The maximum Gasteiger partial charge on any atom is 0.328 e. The highest BCUT2D eigenvalue weighted by atomic mass is 32.2. The minimum Gasteiger partial charge on any atom is -0.382 e. The second-order valence-electron chi connectivity index (χ2n) is 7.06. The number of urea groups is 1. The normalized spacial score (nSPS) is 14.0. The van der Waals surface area contributed by atoms with Gasteiger partial charge in [-0.05, 0) is 37.1 Å². The van der Waals surface area contributed by atoms with Gasteiger partial charge in [-0.3, -0.25) is 15.2 Å². The van der Waals surface area contributed by atoms with E-state index in [2.05, 4.69) is 30.6 Å². The van der Waals surface area contributed by atoms with Crippen LogP contribution in [0.2, 0.25) is 0 Å². The molecule has 1 aliphatic heterocycles. The van der Waals surface area contributed by atoms with E-state index >= 15 is 0 Å². The molecule has 0 atom stereocenters. The van der Waals surface area contributed by atoms with Crippen LogP contribution < -0.4 is 15.5 Å². The van der Waals surface area contributed by atoms with Gasteiger partial charge >= 0.3 is 6.03 Å². The Morgan fingerprint density at radius 2 is 2.03 bits per heavy atom. The molecule has 0 saturated heterocycles. The van der Waals surface area contributed by atoms with E-state index < -0.39 is 9.84 Å². The smallest absolute Gasteiger partial charge is 0.328 e. The summed E-state index contributed by atoms with van der Waals surface area (Å²) in [6, 6.07) is 6.38. The molecule has 0 saturated carbocycles. The van der Waals surface area contributed by atoms with Crippen molar-refractivity contribution in [1.29, 1.82) is 0 Å². The molecule has 0 unspecified atom stereocenters. The summed E-state index contributed by atoms with van der Waals surface area (Å²) < 4.78 is 23.8. The Bertz CT molecular complexity index is 1200. The predicted molar refractivity (Wildman–Crippen MR) is 117 cm³/mol. The zero-order valence-electron chi connectivity index (χ0n) is 16.8. The lowest BCUT2D eigenvalue weighted by Gasteiger charge is -2.27. The quantitative estimate of drug-likeness (QED) is 0.637. The van der Waals surface area contributed by atoms with Crippen LogP contribution in [0.3, 0.4) is 0 Å². The lowest BCUT2D eigenvalue weighted by atomic mass is 10.1. The third-order valence-electron chi connectivity index (χ3n) is 4.75. The van der Waals surface area contributed by atoms with Crippen molar-refractivity contribution in [3.8, 4) is 11.3 Å². The van der Waals surface area contributed by atoms with E-state index in [4.69, 9.17) is 0 Å². The molecule has 0 fully saturated rings. The molecule has 1 aliphatic rings. The van der Waals surface area contributed by atoms with Gasteiger partial charge in [0, 0.05) is 43.5 Å². The van der Waals surface area contributed by atoms with Crippen LogP contribution in [0.4, 0.5) is 22.1 Å². The summed E-state index contributed by atoms with van der Waals surface area (Å²) in [7, 11) is -3.41. The molecule has 0 aromatic carbocycles. The minimum atomic E-state index is -3.41. The average molecular weight is 440 g/mol. The number of nitrogens with one attached hydrogen (secondary N) is 2. The molecule has 2 amide bonds. The van der Waals surface area contributed by atoms with Crippen molar-refractivity contribution in [1.82, 2.24) is 19.9 Å². The van der Waals surface area contributed by atoms with E-state index in [1.54, 1.807) is 29.4 Å². The zero-order valence-corrected chi connectivity index (χ0v) is 17.6. The third kappa shape index (κ3) is 4.77. The highest BCUT2D eigenvalue weighted by Crippen LogP contribution is 2.30. The Hall–Kier alpha value is -3.60. The first-order valence-corrected chi connectivity index (χ1v) is 11.6. The van der Waals surface area contributed by atoms with Gasteiger partial charge in [0.05, 0.1) is 16.3 Å². The van der Waals surface area contributed by atoms with Crippen LogP contribution in [-0.2, 0) is 9.84 Å². The lowest BCUT2D eigenvalue weighted by Crippen LogP contribution is -2.38. The molecule has 160 valence electrons. The molecule has 0 bridgehead atoms. The fraction of sp³-hybridized carbons (Fsp3) is 0.250. The SMILES string of the molecule is CS(=O)(=O)c1cncc(-c2ccc3c(n2)N(C(=O)Nc2ccncn2)CCCCN3)c1. The van der Waals surface area contributed by atoms with E-state index in [0.717, 1.165) is 25.6 Å². The Morgan fingerprint density at radius 1 is 1.16 bits per heavy atom. The van der Waals surface area contributed by atoms with Gasteiger partial charge in [-0.25, -0.2) is 28.2 Å². The Kier molecular flexibility index (Phi) is 5.76. The molecule has 0 aliphatic carbocycles. The number of amides is 2. The third-order valence-corrected chi connectivity index (χ3v) is 5.83. The average Bonchev–Trinajstić information content (AvgIpc) is 2.74. The molecular formula is C20H21N7O3S. The van der Waals surface area contributed by atoms with Crippen molar-refractivity contribution in [3.63, 3.8) is 0 Å². The maximum atomic E-state index is 13.0. The summed E-state index contributed by atoms with van der Waals surface area (Å²) >= 11 is 0. The fourth-order valence-electron chi connectivity index (χ4n) is 3.18. The highest BCUT2D eigenvalue weighted by Gasteiger charge is 2.23. The summed E-state index contributed by atoms with van der Waals surface area (Å²) in [4.78, 5) is 31.3. The van der Waals surface area contributed by atoms with Crippen molar-refractivity contribution in [3.05, 3.63) is 49.2 Å². The van der Waals surface area contributed by atoms with E-state index in [-0.39, 0.29) is 10.9 Å². The number of carbonyl (C=O) groups is 1. The van der Waals surface area contributed by atoms with Crippen LogP contribution in [-0.4, -0.2) is 53.7 Å². The molecule has 0 spiro atoms. The van der Waals surface area contributed by atoms with Crippen molar-refractivity contribution < 1.29 is 13.2 Å². The number of anilines is 3. The Balaban J connectivity index is 1.72. The van der Waals surface area contributed by atoms with Gasteiger partial charge in [-0.2, -0.15) is 0 Å². The second-order valence-corrected chi connectivity index (χ2v) is 9.08. The number of carbonyl (C=O) groups excluding carboxylic acids is 1. The topological polar surface area (TPSA) is 130 Å². The Labute approximate surface area is 179 Å². The first-order valence-electron chi connectivity index (χ1n) is 9.67. The zero-order chi connectivity index (χ0) is 21.8. The van der Waals surface area contributed by atoms with Gasteiger partial charge in [0.1, 0.15) is 12.1 Å². The number of hydrogen-bond donors (Lipinski definition) is 2. The van der Waals surface area contributed by atoms with Gasteiger partial charge in [-0.15, -0.1) is 0 Å².